The maximum atomic E-state index is 6.76. The molecule has 2 aliphatic carbocycles. The molecule has 94 valence electrons. The van der Waals surface area contributed by atoms with Crippen LogP contribution < -0.4 is 5.73 Å². The van der Waals surface area contributed by atoms with Crippen molar-refractivity contribution in [3.63, 3.8) is 0 Å². The Bertz CT molecular complexity index is 217. The summed E-state index contributed by atoms with van der Waals surface area (Å²) in [6.07, 6.45) is 12.4. The van der Waals surface area contributed by atoms with Crippen LogP contribution in [0, 0.1) is 17.8 Å². The van der Waals surface area contributed by atoms with Crippen LogP contribution in [0.5, 0.6) is 0 Å². The third-order valence-corrected chi connectivity index (χ3v) is 5.41. The fraction of sp³-hybridized carbons (Fsp3) is 1.00. The SMILES string of the molecule is CC1CCC(N)(C2CCCCCC2)CC1C. The molecule has 2 saturated carbocycles. The van der Waals surface area contributed by atoms with E-state index in [4.69, 9.17) is 5.73 Å². The second-order valence-corrected chi connectivity index (χ2v) is 6.62. The van der Waals surface area contributed by atoms with Crippen LogP contribution in [0.1, 0.15) is 71.6 Å². The van der Waals surface area contributed by atoms with E-state index in [2.05, 4.69) is 13.8 Å². The van der Waals surface area contributed by atoms with Gasteiger partial charge in [-0.25, -0.2) is 0 Å². The second-order valence-electron chi connectivity index (χ2n) is 6.62. The van der Waals surface area contributed by atoms with Gasteiger partial charge < -0.3 is 5.73 Å². The van der Waals surface area contributed by atoms with Crippen molar-refractivity contribution in [1.82, 2.24) is 0 Å². The maximum Gasteiger partial charge on any atom is 0.0185 e. The Kier molecular flexibility index (Phi) is 3.94. The smallest absolute Gasteiger partial charge is 0.0185 e. The summed E-state index contributed by atoms with van der Waals surface area (Å²) in [5.41, 5.74) is 6.95. The van der Waals surface area contributed by atoms with Gasteiger partial charge in [-0.15, -0.1) is 0 Å². The van der Waals surface area contributed by atoms with E-state index in [9.17, 15) is 0 Å². The Morgan fingerprint density at radius 2 is 1.50 bits per heavy atom. The highest BCUT2D eigenvalue weighted by Gasteiger charge is 2.40. The molecule has 2 fully saturated rings. The summed E-state index contributed by atoms with van der Waals surface area (Å²) in [6.45, 7) is 4.81. The predicted octanol–water partition coefficient (Wildman–Crippen LogP) is 4.11. The Morgan fingerprint density at radius 1 is 0.875 bits per heavy atom. The van der Waals surface area contributed by atoms with Crippen LogP contribution in [0.25, 0.3) is 0 Å². The zero-order valence-corrected chi connectivity index (χ0v) is 11.2. The molecule has 16 heavy (non-hydrogen) atoms. The summed E-state index contributed by atoms with van der Waals surface area (Å²) >= 11 is 0. The van der Waals surface area contributed by atoms with Crippen molar-refractivity contribution in [2.45, 2.75) is 77.2 Å². The summed E-state index contributed by atoms with van der Waals surface area (Å²) in [7, 11) is 0. The highest BCUT2D eigenvalue weighted by atomic mass is 14.8. The molecular weight excluding hydrogens is 194 g/mol. The minimum Gasteiger partial charge on any atom is -0.325 e. The highest BCUT2D eigenvalue weighted by molar-refractivity contribution is 4.97. The van der Waals surface area contributed by atoms with Gasteiger partial charge in [-0.2, -0.15) is 0 Å². The number of rotatable bonds is 1. The molecule has 0 aromatic heterocycles. The van der Waals surface area contributed by atoms with Crippen LogP contribution >= 0.6 is 0 Å². The van der Waals surface area contributed by atoms with Crippen LogP contribution in [0.15, 0.2) is 0 Å². The number of hydrogen-bond acceptors (Lipinski definition) is 1. The van der Waals surface area contributed by atoms with Gasteiger partial charge in [0, 0.05) is 5.54 Å². The fourth-order valence-electron chi connectivity index (χ4n) is 3.91. The van der Waals surface area contributed by atoms with Crippen LogP contribution in [0.4, 0.5) is 0 Å². The Hall–Kier alpha value is -0.0400. The largest absolute Gasteiger partial charge is 0.325 e. The van der Waals surface area contributed by atoms with Gasteiger partial charge in [0.15, 0.2) is 0 Å². The molecule has 3 atom stereocenters. The monoisotopic (exact) mass is 223 g/mol. The molecule has 0 aromatic rings. The van der Waals surface area contributed by atoms with E-state index in [1.165, 1.54) is 57.8 Å². The van der Waals surface area contributed by atoms with E-state index in [1.807, 2.05) is 0 Å². The van der Waals surface area contributed by atoms with Gasteiger partial charge in [0.1, 0.15) is 0 Å². The molecule has 0 heterocycles. The lowest BCUT2D eigenvalue weighted by atomic mass is 9.65. The summed E-state index contributed by atoms with van der Waals surface area (Å²) in [4.78, 5) is 0. The van der Waals surface area contributed by atoms with Crippen molar-refractivity contribution in [1.29, 1.82) is 0 Å². The van der Waals surface area contributed by atoms with Crippen molar-refractivity contribution >= 4 is 0 Å². The average molecular weight is 223 g/mol. The lowest BCUT2D eigenvalue weighted by molar-refractivity contribution is 0.111. The Balaban J connectivity index is 2.00. The molecule has 0 spiro atoms. The van der Waals surface area contributed by atoms with Crippen LogP contribution in [0.2, 0.25) is 0 Å². The minimum atomic E-state index is 0.191. The molecule has 3 unspecified atom stereocenters. The molecule has 1 nitrogen and oxygen atoms in total. The minimum absolute atomic E-state index is 0.191. The first kappa shape index (κ1) is 12.4. The zero-order valence-electron chi connectivity index (χ0n) is 11.2. The summed E-state index contributed by atoms with van der Waals surface area (Å²) in [5.74, 6) is 2.55. The van der Waals surface area contributed by atoms with Crippen LogP contribution in [-0.2, 0) is 0 Å². The van der Waals surface area contributed by atoms with E-state index in [-0.39, 0.29) is 5.54 Å². The lowest BCUT2D eigenvalue weighted by Gasteiger charge is -2.45. The zero-order chi connectivity index (χ0) is 11.6. The molecule has 1 heteroatoms. The molecule has 2 aliphatic rings. The van der Waals surface area contributed by atoms with Gasteiger partial charge in [-0.1, -0.05) is 39.5 Å². The first-order valence-corrected chi connectivity index (χ1v) is 7.41. The predicted molar refractivity (Wildman–Crippen MR) is 70.3 cm³/mol. The fourth-order valence-corrected chi connectivity index (χ4v) is 3.91. The van der Waals surface area contributed by atoms with Crippen molar-refractivity contribution in [3.8, 4) is 0 Å². The van der Waals surface area contributed by atoms with E-state index in [1.54, 1.807) is 0 Å². The van der Waals surface area contributed by atoms with Crippen molar-refractivity contribution < 1.29 is 0 Å². The van der Waals surface area contributed by atoms with Gasteiger partial charge in [0.25, 0.3) is 0 Å². The average Bonchev–Trinajstić information content (AvgIpc) is 2.53. The third-order valence-electron chi connectivity index (χ3n) is 5.41. The van der Waals surface area contributed by atoms with Crippen LogP contribution in [-0.4, -0.2) is 5.54 Å². The van der Waals surface area contributed by atoms with Crippen LogP contribution in [0.3, 0.4) is 0 Å². The highest BCUT2D eigenvalue weighted by Crippen LogP contribution is 2.43. The quantitative estimate of drug-likeness (QED) is 0.665. The molecule has 2 rings (SSSR count). The van der Waals surface area contributed by atoms with Crippen molar-refractivity contribution in [3.05, 3.63) is 0 Å². The van der Waals surface area contributed by atoms with E-state index < -0.39 is 0 Å². The molecule has 0 bridgehead atoms. The maximum absolute atomic E-state index is 6.76. The van der Waals surface area contributed by atoms with Gasteiger partial charge >= 0.3 is 0 Å². The van der Waals surface area contributed by atoms with E-state index in [0.29, 0.717) is 0 Å². The van der Waals surface area contributed by atoms with Gasteiger partial charge in [0.2, 0.25) is 0 Å². The molecule has 0 aromatic carbocycles. The first-order chi connectivity index (χ1) is 7.62. The summed E-state index contributed by atoms with van der Waals surface area (Å²) in [6, 6.07) is 0. The van der Waals surface area contributed by atoms with Gasteiger partial charge in [0.05, 0.1) is 0 Å². The third kappa shape index (κ3) is 2.61. The molecule has 0 aliphatic heterocycles. The number of hydrogen-bond donors (Lipinski definition) is 1. The Morgan fingerprint density at radius 3 is 2.06 bits per heavy atom. The first-order valence-electron chi connectivity index (χ1n) is 7.41. The molecule has 0 saturated heterocycles. The molecule has 2 N–H and O–H groups in total. The number of nitrogens with two attached hydrogens (primary N) is 1. The van der Waals surface area contributed by atoms with Crippen molar-refractivity contribution in [2.24, 2.45) is 23.5 Å². The molecule has 0 radical (unpaired) electrons. The topological polar surface area (TPSA) is 26.0 Å². The Labute approximate surface area is 101 Å². The second kappa shape index (κ2) is 5.08. The normalized spacial score (nSPS) is 42.9. The van der Waals surface area contributed by atoms with Crippen molar-refractivity contribution in [2.75, 3.05) is 0 Å². The molecular formula is C15H29N. The van der Waals surface area contributed by atoms with Gasteiger partial charge in [-0.3, -0.25) is 0 Å². The summed E-state index contributed by atoms with van der Waals surface area (Å²) in [5, 5.41) is 0. The molecule has 0 amide bonds. The standard InChI is InChI=1S/C15H29N/c1-12-9-10-15(16,11-13(12)2)14-7-5-3-4-6-8-14/h12-14H,3-11,16H2,1-2H3. The lowest BCUT2D eigenvalue weighted by Crippen LogP contribution is -2.51. The summed E-state index contributed by atoms with van der Waals surface area (Å²) < 4.78 is 0. The van der Waals surface area contributed by atoms with E-state index >= 15 is 0 Å². The van der Waals surface area contributed by atoms with Gasteiger partial charge in [-0.05, 0) is 49.9 Å². The van der Waals surface area contributed by atoms with E-state index in [0.717, 1.165) is 17.8 Å².